The minimum atomic E-state index is 0.100. The average molecular weight is 328 g/mol. The second-order valence-corrected chi connectivity index (χ2v) is 8.03. The molecular formula is C23H24N2. The van der Waals surface area contributed by atoms with Crippen LogP contribution in [0.5, 0.6) is 0 Å². The maximum atomic E-state index is 4.71. The van der Waals surface area contributed by atoms with Crippen molar-refractivity contribution >= 4 is 21.8 Å². The number of pyridine rings is 1. The molecule has 0 fully saturated rings. The lowest BCUT2D eigenvalue weighted by molar-refractivity contribution is 0.588. The van der Waals surface area contributed by atoms with Crippen molar-refractivity contribution in [2.24, 2.45) is 0 Å². The topological polar surface area (TPSA) is 17.8 Å². The third-order valence-electron chi connectivity index (χ3n) is 4.92. The average Bonchev–Trinajstić information content (AvgIpc) is 2.87. The first-order valence-electron chi connectivity index (χ1n) is 8.83. The zero-order valence-corrected chi connectivity index (χ0v) is 15.6. The number of aromatic nitrogens is 2. The molecule has 0 spiro atoms. The Balaban J connectivity index is 2.11. The summed E-state index contributed by atoms with van der Waals surface area (Å²) < 4.78 is 2.30. The second-order valence-electron chi connectivity index (χ2n) is 8.03. The van der Waals surface area contributed by atoms with Gasteiger partial charge in [0.05, 0.1) is 11.0 Å². The van der Waals surface area contributed by atoms with Gasteiger partial charge in [0, 0.05) is 17.0 Å². The summed E-state index contributed by atoms with van der Waals surface area (Å²) in [6, 6.07) is 17.7. The largest absolute Gasteiger partial charge is 0.294 e. The lowest BCUT2D eigenvalue weighted by Crippen LogP contribution is -2.12. The van der Waals surface area contributed by atoms with Crippen molar-refractivity contribution in [1.82, 2.24) is 9.55 Å². The number of hydrogen-bond donors (Lipinski definition) is 0. The molecule has 0 aliphatic heterocycles. The maximum absolute atomic E-state index is 4.71. The molecule has 25 heavy (non-hydrogen) atoms. The first kappa shape index (κ1) is 15.9. The Kier molecular flexibility index (Phi) is 3.47. The zero-order chi connectivity index (χ0) is 17.8. The fourth-order valence-corrected chi connectivity index (χ4v) is 3.50. The van der Waals surface area contributed by atoms with Gasteiger partial charge >= 0.3 is 0 Å². The minimum absolute atomic E-state index is 0.100. The van der Waals surface area contributed by atoms with Crippen LogP contribution in [0.4, 0.5) is 0 Å². The van der Waals surface area contributed by atoms with Crippen molar-refractivity contribution in [3.05, 3.63) is 71.4 Å². The Hall–Kier alpha value is -2.61. The molecule has 2 aromatic heterocycles. The van der Waals surface area contributed by atoms with Gasteiger partial charge < -0.3 is 0 Å². The van der Waals surface area contributed by atoms with Crippen LogP contribution in [0.1, 0.15) is 37.5 Å². The van der Waals surface area contributed by atoms with Crippen LogP contribution in [0.25, 0.3) is 27.6 Å². The van der Waals surface area contributed by atoms with E-state index in [-0.39, 0.29) is 5.41 Å². The molecule has 0 N–H and O–H groups in total. The van der Waals surface area contributed by atoms with Gasteiger partial charge in [0.15, 0.2) is 0 Å². The highest BCUT2D eigenvalue weighted by Gasteiger charge is 2.17. The quantitative estimate of drug-likeness (QED) is 0.413. The molecular weight excluding hydrogens is 304 g/mol. The van der Waals surface area contributed by atoms with Crippen LogP contribution in [0.3, 0.4) is 0 Å². The Morgan fingerprint density at radius 2 is 1.48 bits per heavy atom. The Labute approximate surface area is 149 Å². The van der Waals surface area contributed by atoms with Crippen molar-refractivity contribution in [1.29, 1.82) is 0 Å². The number of benzene rings is 2. The van der Waals surface area contributed by atoms with Gasteiger partial charge in [-0.2, -0.15) is 0 Å². The Morgan fingerprint density at radius 1 is 0.760 bits per heavy atom. The molecule has 2 aromatic carbocycles. The second kappa shape index (κ2) is 5.45. The summed E-state index contributed by atoms with van der Waals surface area (Å²) in [5.74, 6) is 0.988. The van der Waals surface area contributed by atoms with E-state index in [4.69, 9.17) is 4.98 Å². The summed E-state index contributed by atoms with van der Waals surface area (Å²) in [6.07, 6.45) is 1.93. The molecule has 0 amide bonds. The number of rotatable bonds is 1. The monoisotopic (exact) mass is 328 g/mol. The molecule has 0 atom stereocenters. The molecule has 0 bridgehead atoms. The van der Waals surface area contributed by atoms with Gasteiger partial charge in [0.2, 0.25) is 0 Å². The van der Waals surface area contributed by atoms with Crippen molar-refractivity contribution in [2.45, 2.75) is 40.0 Å². The molecule has 2 heteroatoms. The third kappa shape index (κ3) is 2.62. The first-order valence-corrected chi connectivity index (χ1v) is 8.83. The fraction of sp³-hybridized carbons (Fsp3) is 0.261. The maximum Gasteiger partial charge on any atom is 0.137 e. The fourth-order valence-electron chi connectivity index (χ4n) is 3.50. The molecule has 0 aliphatic carbocycles. The van der Waals surface area contributed by atoms with Crippen molar-refractivity contribution < 1.29 is 0 Å². The predicted octanol–water partition coefficient (Wildman–Crippen LogP) is 6.09. The minimum Gasteiger partial charge on any atom is -0.294 e. The van der Waals surface area contributed by atoms with E-state index in [9.17, 15) is 0 Å². The van der Waals surface area contributed by atoms with E-state index in [1.54, 1.807) is 0 Å². The molecule has 0 saturated carbocycles. The third-order valence-corrected chi connectivity index (χ3v) is 4.92. The summed E-state index contributed by atoms with van der Waals surface area (Å²) >= 11 is 0. The van der Waals surface area contributed by atoms with Crippen molar-refractivity contribution in [2.75, 3.05) is 0 Å². The van der Waals surface area contributed by atoms with Gasteiger partial charge in [0.1, 0.15) is 5.82 Å². The zero-order valence-electron chi connectivity index (χ0n) is 15.6. The van der Waals surface area contributed by atoms with Gasteiger partial charge in [-0.1, -0.05) is 44.5 Å². The number of aryl methyl sites for hydroxylation is 2. The van der Waals surface area contributed by atoms with E-state index in [1.165, 1.54) is 38.5 Å². The van der Waals surface area contributed by atoms with E-state index >= 15 is 0 Å². The summed E-state index contributed by atoms with van der Waals surface area (Å²) in [5.41, 5.74) is 6.38. The molecule has 2 heterocycles. The van der Waals surface area contributed by atoms with Gasteiger partial charge in [-0.3, -0.25) is 4.57 Å². The van der Waals surface area contributed by atoms with Crippen LogP contribution in [-0.2, 0) is 5.41 Å². The summed E-state index contributed by atoms with van der Waals surface area (Å²) in [6.45, 7) is 11.0. The highest BCUT2D eigenvalue weighted by atomic mass is 15.1. The number of hydrogen-bond acceptors (Lipinski definition) is 1. The Morgan fingerprint density at radius 3 is 2.24 bits per heavy atom. The van der Waals surface area contributed by atoms with Crippen LogP contribution >= 0.6 is 0 Å². The molecule has 0 aliphatic rings. The van der Waals surface area contributed by atoms with E-state index < -0.39 is 0 Å². The van der Waals surface area contributed by atoms with Crippen LogP contribution in [-0.4, -0.2) is 9.55 Å². The van der Waals surface area contributed by atoms with Gasteiger partial charge in [-0.15, -0.1) is 0 Å². The summed E-state index contributed by atoms with van der Waals surface area (Å²) in [4.78, 5) is 4.71. The highest BCUT2D eigenvalue weighted by molar-refractivity contribution is 6.09. The molecule has 4 rings (SSSR count). The summed E-state index contributed by atoms with van der Waals surface area (Å²) in [7, 11) is 0. The van der Waals surface area contributed by atoms with E-state index in [2.05, 4.69) is 87.7 Å². The van der Waals surface area contributed by atoms with E-state index in [1.807, 2.05) is 6.20 Å². The van der Waals surface area contributed by atoms with Gasteiger partial charge in [0.25, 0.3) is 0 Å². The van der Waals surface area contributed by atoms with Gasteiger partial charge in [-0.05, 0) is 60.7 Å². The van der Waals surface area contributed by atoms with Crippen LogP contribution in [0.15, 0.2) is 54.7 Å². The highest BCUT2D eigenvalue weighted by Crippen LogP contribution is 2.33. The van der Waals surface area contributed by atoms with Crippen LogP contribution < -0.4 is 0 Å². The molecule has 2 nitrogen and oxygen atoms in total. The normalized spacial score (nSPS) is 12.2. The van der Waals surface area contributed by atoms with Crippen LogP contribution in [0.2, 0.25) is 0 Å². The van der Waals surface area contributed by atoms with E-state index in [0.717, 1.165) is 5.82 Å². The molecule has 0 radical (unpaired) electrons. The van der Waals surface area contributed by atoms with Crippen molar-refractivity contribution in [3.63, 3.8) is 0 Å². The summed E-state index contributed by atoms with van der Waals surface area (Å²) in [5, 5.41) is 2.57. The van der Waals surface area contributed by atoms with Crippen molar-refractivity contribution in [3.8, 4) is 5.82 Å². The van der Waals surface area contributed by atoms with E-state index in [0.29, 0.717) is 0 Å². The molecule has 4 aromatic rings. The Bertz CT molecular complexity index is 1090. The van der Waals surface area contributed by atoms with Gasteiger partial charge in [-0.25, -0.2) is 4.98 Å². The van der Waals surface area contributed by atoms with Crippen LogP contribution in [0, 0.1) is 13.8 Å². The molecule has 0 saturated heterocycles. The molecule has 126 valence electrons. The standard InChI is InChI=1S/C23H24N2/c1-15-7-9-20-19(12-15)18-8-6-16(2)13-21(18)25(20)22-14-17(10-11-24-22)23(3,4)5/h6-14H,1-5H3. The lowest BCUT2D eigenvalue weighted by Gasteiger charge is -2.20. The number of nitrogens with zero attached hydrogens (tertiary/aromatic N) is 2. The SMILES string of the molecule is Cc1ccc2c(c1)c1ccc(C)cc1n2-c1cc(C(C)(C)C)ccn1. The first-order chi connectivity index (χ1) is 11.8. The predicted molar refractivity (Wildman–Crippen MR) is 107 cm³/mol. The smallest absolute Gasteiger partial charge is 0.137 e. The number of fused-ring (bicyclic) bond motifs is 3. The molecule has 0 unspecified atom stereocenters. The lowest BCUT2D eigenvalue weighted by atomic mass is 9.88.